The van der Waals surface area contributed by atoms with Crippen LogP contribution in [0.1, 0.15) is 5.56 Å². The van der Waals surface area contributed by atoms with Gasteiger partial charge in [-0.2, -0.15) is 0 Å². The summed E-state index contributed by atoms with van der Waals surface area (Å²) in [6, 6.07) is 20.4. The molecule has 0 fully saturated rings. The predicted octanol–water partition coefficient (Wildman–Crippen LogP) is 4.47. The van der Waals surface area contributed by atoms with Gasteiger partial charge in [-0.1, -0.05) is 30.3 Å². The highest BCUT2D eigenvalue weighted by atomic mass is 16.5. The van der Waals surface area contributed by atoms with E-state index >= 15 is 0 Å². The fourth-order valence-electron chi connectivity index (χ4n) is 2.59. The van der Waals surface area contributed by atoms with Gasteiger partial charge in [-0.25, -0.2) is 0 Å². The van der Waals surface area contributed by atoms with Crippen molar-refractivity contribution in [3.63, 3.8) is 0 Å². The highest BCUT2D eigenvalue weighted by Crippen LogP contribution is 2.29. The summed E-state index contributed by atoms with van der Waals surface area (Å²) < 4.78 is 10.7. The monoisotopic (exact) mass is 293 g/mol. The third-order valence-electron chi connectivity index (χ3n) is 3.78. The Morgan fingerprint density at radius 3 is 2.32 bits per heavy atom. The topological polar surface area (TPSA) is 30.5 Å². The standard InChI is InChI=1S/C19H19NO2/c1-21-16-10-8-15(9-11-16)20-13-18-17-6-4-3-5-14(17)7-12-19(18)22-2/h3-12,20H,13H2,1-2H3. The minimum absolute atomic E-state index is 0.705. The van der Waals surface area contributed by atoms with Crippen molar-refractivity contribution in [1.82, 2.24) is 0 Å². The molecule has 22 heavy (non-hydrogen) atoms. The van der Waals surface area contributed by atoms with Crippen LogP contribution in [0.2, 0.25) is 0 Å². The molecule has 3 heteroatoms. The molecule has 0 aliphatic rings. The van der Waals surface area contributed by atoms with Gasteiger partial charge < -0.3 is 14.8 Å². The molecule has 0 saturated carbocycles. The normalized spacial score (nSPS) is 10.5. The molecular formula is C19H19NO2. The van der Waals surface area contributed by atoms with Crippen molar-refractivity contribution >= 4 is 16.5 Å². The summed E-state index contributed by atoms with van der Waals surface area (Å²) in [6.07, 6.45) is 0. The van der Waals surface area contributed by atoms with Crippen LogP contribution in [-0.2, 0) is 6.54 Å². The number of hydrogen-bond acceptors (Lipinski definition) is 3. The van der Waals surface area contributed by atoms with E-state index in [4.69, 9.17) is 9.47 Å². The van der Waals surface area contributed by atoms with Crippen LogP contribution in [0.4, 0.5) is 5.69 Å². The second kappa shape index (κ2) is 6.39. The van der Waals surface area contributed by atoms with E-state index in [1.165, 1.54) is 10.8 Å². The second-order valence-electron chi connectivity index (χ2n) is 5.05. The molecule has 0 spiro atoms. The Bertz CT molecular complexity index is 766. The number of rotatable bonds is 5. The zero-order valence-corrected chi connectivity index (χ0v) is 12.8. The van der Waals surface area contributed by atoms with Gasteiger partial charge in [0.2, 0.25) is 0 Å². The summed E-state index contributed by atoms with van der Waals surface area (Å²) in [5.74, 6) is 1.76. The van der Waals surface area contributed by atoms with Gasteiger partial charge in [0.25, 0.3) is 0 Å². The highest BCUT2D eigenvalue weighted by Gasteiger charge is 2.08. The molecule has 3 aromatic rings. The van der Waals surface area contributed by atoms with Crippen LogP contribution in [0.15, 0.2) is 60.7 Å². The number of methoxy groups -OCH3 is 2. The van der Waals surface area contributed by atoms with E-state index in [2.05, 4.69) is 35.6 Å². The molecule has 0 atom stereocenters. The van der Waals surface area contributed by atoms with Crippen LogP contribution in [-0.4, -0.2) is 14.2 Å². The SMILES string of the molecule is COc1ccc(NCc2c(OC)ccc3ccccc23)cc1. The Kier molecular flexibility index (Phi) is 4.15. The average molecular weight is 293 g/mol. The molecule has 112 valence electrons. The molecule has 0 bridgehead atoms. The summed E-state index contributed by atoms with van der Waals surface area (Å²) in [7, 11) is 3.38. The lowest BCUT2D eigenvalue weighted by Crippen LogP contribution is -2.02. The van der Waals surface area contributed by atoms with Crippen molar-refractivity contribution in [2.45, 2.75) is 6.54 Å². The fourth-order valence-corrected chi connectivity index (χ4v) is 2.59. The van der Waals surface area contributed by atoms with E-state index in [0.717, 1.165) is 22.7 Å². The van der Waals surface area contributed by atoms with Crippen molar-refractivity contribution in [3.8, 4) is 11.5 Å². The first-order valence-corrected chi connectivity index (χ1v) is 7.24. The zero-order chi connectivity index (χ0) is 15.4. The van der Waals surface area contributed by atoms with Gasteiger partial charge in [-0.15, -0.1) is 0 Å². The van der Waals surface area contributed by atoms with Crippen LogP contribution in [0, 0.1) is 0 Å². The zero-order valence-electron chi connectivity index (χ0n) is 12.8. The summed E-state index contributed by atoms with van der Waals surface area (Å²) in [5.41, 5.74) is 2.22. The lowest BCUT2D eigenvalue weighted by molar-refractivity contribution is 0.411. The van der Waals surface area contributed by atoms with Crippen LogP contribution >= 0.6 is 0 Å². The van der Waals surface area contributed by atoms with Crippen molar-refractivity contribution in [2.75, 3.05) is 19.5 Å². The molecule has 0 saturated heterocycles. The van der Waals surface area contributed by atoms with Crippen molar-refractivity contribution in [2.24, 2.45) is 0 Å². The van der Waals surface area contributed by atoms with Gasteiger partial charge in [0, 0.05) is 17.8 Å². The lowest BCUT2D eigenvalue weighted by atomic mass is 10.0. The molecule has 0 amide bonds. The Morgan fingerprint density at radius 2 is 1.59 bits per heavy atom. The maximum atomic E-state index is 5.52. The van der Waals surface area contributed by atoms with Crippen LogP contribution in [0.3, 0.4) is 0 Å². The predicted molar refractivity (Wildman–Crippen MR) is 90.8 cm³/mol. The Balaban J connectivity index is 1.88. The van der Waals surface area contributed by atoms with E-state index in [9.17, 15) is 0 Å². The first-order chi connectivity index (χ1) is 10.8. The Labute approximate surface area is 130 Å². The van der Waals surface area contributed by atoms with Gasteiger partial charge in [0.05, 0.1) is 14.2 Å². The van der Waals surface area contributed by atoms with E-state index in [1.54, 1.807) is 14.2 Å². The lowest BCUT2D eigenvalue weighted by Gasteiger charge is -2.14. The number of hydrogen-bond donors (Lipinski definition) is 1. The van der Waals surface area contributed by atoms with Gasteiger partial charge in [-0.05, 0) is 41.1 Å². The van der Waals surface area contributed by atoms with Gasteiger partial charge in [-0.3, -0.25) is 0 Å². The largest absolute Gasteiger partial charge is 0.497 e. The van der Waals surface area contributed by atoms with Crippen LogP contribution < -0.4 is 14.8 Å². The number of nitrogens with one attached hydrogen (secondary N) is 1. The summed E-state index contributed by atoms with van der Waals surface area (Å²) >= 11 is 0. The minimum atomic E-state index is 0.705. The molecular weight excluding hydrogens is 274 g/mol. The maximum Gasteiger partial charge on any atom is 0.124 e. The number of ether oxygens (including phenoxy) is 2. The first-order valence-electron chi connectivity index (χ1n) is 7.24. The second-order valence-corrected chi connectivity index (χ2v) is 5.05. The smallest absolute Gasteiger partial charge is 0.124 e. The molecule has 0 heterocycles. The highest BCUT2D eigenvalue weighted by molar-refractivity contribution is 5.88. The van der Waals surface area contributed by atoms with E-state index in [-0.39, 0.29) is 0 Å². The fraction of sp³-hybridized carbons (Fsp3) is 0.158. The summed E-state index contributed by atoms with van der Waals surface area (Å²) in [5, 5.41) is 5.87. The van der Waals surface area contributed by atoms with Crippen LogP contribution in [0.25, 0.3) is 10.8 Å². The summed E-state index contributed by atoms with van der Waals surface area (Å²) in [4.78, 5) is 0. The van der Waals surface area contributed by atoms with E-state index in [0.29, 0.717) is 6.54 Å². The maximum absolute atomic E-state index is 5.52. The Hall–Kier alpha value is -2.68. The van der Waals surface area contributed by atoms with E-state index < -0.39 is 0 Å². The number of benzene rings is 3. The van der Waals surface area contributed by atoms with E-state index in [1.807, 2.05) is 30.3 Å². The summed E-state index contributed by atoms with van der Waals surface area (Å²) in [6.45, 7) is 0.705. The molecule has 3 rings (SSSR count). The Morgan fingerprint density at radius 1 is 0.818 bits per heavy atom. The molecule has 0 aromatic heterocycles. The van der Waals surface area contributed by atoms with Gasteiger partial charge >= 0.3 is 0 Å². The molecule has 3 nitrogen and oxygen atoms in total. The quantitative estimate of drug-likeness (QED) is 0.753. The third kappa shape index (κ3) is 2.84. The first kappa shape index (κ1) is 14.3. The molecule has 0 aliphatic heterocycles. The molecule has 3 aromatic carbocycles. The third-order valence-corrected chi connectivity index (χ3v) is 3.78. The number of fused-ring (bicyclic) bond motifs is 1. The van der Waals surface area contributed by atoms with Crippen LogP contribution in [0.5, 0.6) is 11.5 Å². The van der Waals surface area contributed by atoms with Crippen molar-refractivity contribution in [1.29, 1.82) is 0 Å². The van der Waals surface area contributed by atoms with Gasteiger partial charge in [0.1, 0.15) is 11.5 Å². The van der Waals surface area contributed by atoms with Gasteiger partial charge in [0.15, 0.2) is 0 Å². The molecule has 0 radical (unpaired) electrons. The van der Waals surface area contributed by atoms with Crippen molar-refractivity contribution < 1.29 is 9.47 Å². The molecule has 0 unspecified atom stereocenters. The minimum Gasteiger partial charge on any atom is -0.497 e. The molecule has 1 N–H and O–H groups in total. The van der Waals surface area contributed by atoms with Crippen molar-refractivity contribution in [3.05, 3.63) is 66.2 Å². The molecule has 0 aliphatic carbocycles. The average Bonchev–Trinajstić information content (AvgIpc) is 2.60. The number of anilines is 1.